The molecule has 0 aliphatic heterocycles. The third-order valence-electron chi connectivity index (χ3n) is 1.53. The third kappa shape index (κ3) is 5.97. The van der Waals surface area contributed by atoms with Crippen molar-refractivity contribution in [1.82, 2.24) is 16.0 Å². The van der Waals surface area contributed by atoms with Crippen LogP contribution in [0.25, 0.3) is 0 Å². The molecule has 0 radical (unpaired) electrons. The van der Waals surface area contributed by atoms with Gasteiger partial charge < -0.3 is 16.0 Å². The lowest BCUT2D eigenvalue weighted by Crippen LogP contribution is -2.36. The van der Waals surface area contributed by atoms with Crippen molar-refractivity contribution in [2.24, 2.45) is 4.99 Å². The Morgan fingerprint density at radius 1 is 1.33 bits per heavy atom. The maximum atomic E-state index is 4.00. The number of guanidine groups is 1. The highest BCUT2D eigenvalue weighted by Gasteiger charge is 1.90. The van der Waals surface area contributed by atoms with E-state index in [0.717, 1.165) is 32.0 Å². The molecule has 0 amide bonds. The van der Waals surface area contributed by atoms with Gasteiger partial charge >= 0.3 is 0 Å². The Labute approximate surface area is 74.8 Å². The van der Waals surface area contributed by atoms with Crippen LogP contribution in [0.4, 0.5) is 0 Å². The number of hydrogen-bond donors (Lipinski definition) is 3. The Morgan fingerprint density at radius 3 is 2.58 bits per heavy atom. The summed E-state index contributed by atoms with van der Waals surface area (Å²) in [5.41, 5.74) is 0. The van der Waals surface area contributed by atoms with Crippen molar-refractivity contribution in [2.75, 3.05) is 33.7 Å². The van der Waals surface area contributed by atoms with Crippen LogP contribution in [-0.2, 0) is 0 Å². The summed E-state index contributed by atoms with van der Waals surface area (Å²) >= 11 is 0. The van der Waals surface area contributed by atoms with Gasteiger partial charge in [0.25, 0.3) is 0 Å². The molecule has 0 aromatic rings. The number of nitrogens with one attached hydrogen (secondary N) is 3. The van der Waals surface area contributed by atoms with Crippen LogP contribution in [0.1, 0.15) is 13.3 Å². The summed E-state index contributed by atoms with van der Waals surface area (Å²) < 4.78 is 0. The fourth-order valence-electron chi connectivity index (χ4n) is 0.876. The van der Waals surface area contributed by atoms with Crippen LogP contribution in [0, 0.1) is 0 Å². The van der Waals surface area contributed by atoms with Crippen molar-refractivity contribution in [2.45, 2.75) is 13.3 Å². The second-order valence-electron chi connectivity index (χ2n) is 2.46. The predicted molar refractivity (Wildman–Crippen MR) is 53.6 cm³/mol. The quantitative estimate of drug-likeness (QED) is 0.305. The summed E-state index contributed by atoms with van der Waals surface area (Å²) in [5.74, 6) is 0.853. The third-order valence-corrected chi connectivity index (χ3v) is 1.53. The minimum Gasteiger partial charge on any atom is -0.359 e. The van der Waals surface area contributed by atoms with Gasteiger partial charge in [-0.2, -0.15) is 0 Å². The molecule has 0 unspecified atom stereocenters. The molecule has 12 heavy (non-hydrogen) atoms. The van der Waals surface area contributed by atoms with Crippen LogP contribution in [0.3, 0.4) is 0 Å². The molecule has 0 saturated heterocycles. The second kappa shape index (κ2) is 8.33. The molecule has 0 fully saturated rings. The fourth-order valence-corrected chi connectivity index (χ4v) is 0.876. The number of rotatable bonds is 5. The molecule has 0 aliphatic carbocycles. The van der Waals surface area contributed by atoms with Gasteiger partial charge in [-0.05, 0) is 19.5 Å². The molecule has 0 aromatic heterocycles. The van der Waals surface area contributed by atoms with Gasteiger partial charge in [0.05, 0.1) is 0 Å². The topological polar surface area (TPSA) is 48.5 Å². The Morgan fingerprint density at radius 2 is 2.08 bits per heavy atom. The monoisotopic (exact) mass is 172 g/mol. The fraction of sp³-hybridized carbons (Fsp3) is 0.875. The summed E-state index contributed by atoms with van der Waals surface area (Å²) in [6.07, 6.45) is 1.12. The van der Waals surface area contributed by atoms with Crippen LogP contribution in [0.2, 0.25) is 0 Å². The number of aliphatic imine (C=N–C) groups is 1. The minimum atomic E-state index is 0.853. The van der Waals surface area contributed by atoms with Gasteiger partial charge in [-0.15, -0.1) is 0 Å². The van der Waals surface area contributed by atoms with E-state index in [1.807, 2.05) is 7.05 Å². The van der Waals surface area contributed by atoms with Crippen molar-refractivity contribution < 1.29 is 0 Å². The lowest BCUT2D eigenvalue weighted by molar-refractivity contribution is 0.657. The van der Waals surface area contributed by atoms with Crippen LogP contribution in [-0.4, -0.2) is 39.7 Å². The zero-order valence-electron chi connectivity index (χ0n) is 8.28. The average Bonchev–Trinajstić information content (AvgIpc) is 2.11. The summed E-state index contributed by atoms with van der Waals surface area (Å²) in [5, 5.41) is 9.40. The molecule has 3 N–H and O–H groups in total. The van der Waals surface area contributed by atoms with Gasteiger partial charge in [-0.3, -0.25) is 4.99 Å². The number of hydrogen-bond acceptors (Lipinski definition) is 2. The largest absolute Gasteiger partial charge is 0.359 e. The summed E-state index contributed by atoms with van der Waals surface area (Å²) in [4.78, 5) is 4.00. The molecule has 0 rings (SSSR count). The van der Waals surface area contributed by atoms with E-state index in [-0.39, 0.29) is 0 Å². The lowest BCUT2D eigenvalue weighted by Gasteiger charge is -2.07. The Kier molecular flexibility index (Phi) is 7.79. The van der Waals surface area contributed by atoms with Crippen molar-refractivity contribution in [1.29, 1.82) is 0 Å². The Bertz CT molecular complexity index is 122. The van der Waals surface area contributed by atoms with Crippen molar-refractivity contribution >= 4 is 5.96 Å². The highest BCUT2D eigenvalue weighted by molar-refractivity contribution is 5.79. The van der Waals surface area contributed by atoms with E-state index >= 15 is 0 Å². The Hall–Kier alpha value is -0.770. The van der Waals surface area contributed by atoms with E-state index in [2.05, 4.69) is 27.9 Å². The first-order valence-corrected chi connectivity index (χ1v) is 4.44. The van der Waals surface area contributed by atoms with E-state index in [0.29, 0.717) is 0 Å². The highest BCUT2D eigenvalue weighted by Crippen LogP contribution is 1.73. The second-order valence-corrected chi connectivity index (χ2v) is 2.46. The van der Waals surface area contributed by atoms with E-state index in [4.69, 9.17) is 0 Å². The number of nitrogens with zero attached hydrogens (tertiary/aromatic N) is 1. The Balaban J connectivity index is 3.18. The molecule has 0 aromatic carbocycles. The molecule has 0 atom stereocenters. The van der Waals surface area contributed by atoms with E-state index in [1.165, 1.54) is 0 Å². The minimum absolute atomic E-state index is 0.853. The normalized spacial score (nSPS) is 11.4. The molecule has 0 heterocycles. The van der Waals surface area contributed by atoms with Gasteiger partial charge in [0.1, 0.15) is 0 Å². The molecule has 0 bridgehead atoms. The highest BCUT2D eigenvalue weighted by atomic mass is 15.1. The zero-order valence-corrected chi connectivity index (χ0v) is 8.28. The van der Waals surface area contributed by atoms with Gasteiger partial charge in [0.15, 0.2) is 5.96 Å². The average molecular weight is 172 g/mol. The smallest absolute Gasteiger partial charge is 0.190 e. The molecular formula is C8H20N4. The summed E-state index contributed by atoms with van der Waals surface area (Å²) in [6.45, 7) is 5.17. The first-order valence-electron chi connectivity index (χ1n) is 4.44. The van der Waals surface area contributed by atoms with Crippen LogP contribution < -0.4 is 16.0 Å². The first kappa shape index (κ1) is 11.2. The summed E-state index contributed by atoms with van der Waals surface area (Å²) in [6, 6.07) is 0. The SMILES string of the molecule is CCNCCCNC(=NC)NC. The van der Waals surface area contributed by atoms with E-state index < -0.39 is 0 Å². The van der Waals surface area contributed by atoms with Crippen LogP contribution in [0.5, 0.6) is 0 Å². The van der Waals surface area contributed by atoms with Gasteiger partial charge in [-0.1, -0.05) is 6.92 Å². The predicted octanol–water partition coefficient (Wildman–Crippen LogP) is -0.219. The first-order chi connectivity index (χ1) is 5.85. The maximum Gasteiger partial charge on any atom is 0.190 e. The zero-order chi connectivity index (χ0) is 9.23. The maximum absolute atomic E-state index is 4.00. The molecule has 0 aliphatic rings. The van der Waals surface area contributed by atoms with Crippen LogP contribution >= 0.6 is 0 Å². The molecular weight excluding hydrogens is 152 g/mol. The molecule has 4 nitrogen and oxygen atoms in total. The molecule has 72 valence electrons. The summed E-state index contributed by atoms with van der Waals surface area (Å²) in [7, 11) is 3.63. The standard InChI is InChI=1S/C8H20N4/c1-4-11-6-5-7-12-8(9-2)10-3/h11H,4-7H2,1-3H3,(H2,9,10,12). The van der Waals surface area contributed by atoms with Gasteiger partial charge in [0.2, 0.25) is 0 Å². The van der Waals surface area contributed by atoms with Crippen LogP contribution in [0.15, 0.2) is 4.99 Å². The van der Waals surface area contributed by atoms with E-state index in [9.17, 15) is 0 Å². The van der Waals surface area contributed by atoms with Gasteiger partial charge in [0, 0.05) is 20.6 Å². The van der Waals surface area contributed by atoms with Gasteiger partial charge in [-0.25, -0.2) is 0 Å². The lowest BCUT2D eigenvalue weighted by atomic mass is 10.4. The molecule has 4 heteroatoms. The molecule has 0 saturated carbocycles. The van der Waals surface area contributed by atoms with E-state index in [1.54, 1.807) is 7.05 Å². The molecule has 0 spiro atoms. The van der Waals surface area contributed by atoms with Crippen molar-refractivity contribution in [3.63, 3.8) is 0 Å². The van der Waals surface area contributed by atoms with Crippen molar-refractivity contribution in [3.05, 3.63) is 0 Å². The van der Waals surface area contributed by atoms with Crippen molar-refractivity contribution in [3.8, 4) is 0 Å².